The summed E-state index contributed by atoms with van der Waals surface area (Å²) < 4.78 is 5.31. The lowest BCUT2D eigenvalue weighted by molar-refractivity contribution is -0.0213. The number of nitrogens with zero attached hydrogens (tertiary/aromatic N) is 1. The maximum atomic E-state index is 12.3. The van der Waals surface area contributed by atoms with Crippen LogP contribution >= 0.6 is 0 Å². The minimum absolute atomic E-state index is 0.176. The third kappa shape index (κ3) is 6.11. The van der Waals surface area contributed by atoms with E-state index in [1.807, 2.05) is 18.2 Å². The third-order valence-corrected chi connectivity index (χ3v) is 3.88. The summed E-state index contributed by atoms with van der Waals surface area (Å²) in [5, 5.41) is 16.6. The zero-order chi connectivity index (χ0) is 17.6. The molecule has 0 bridgehead atoms. The predicted octanol–water partition coefficient (Wildman–Crippen LogP) is 1.32. The van der Waals surface area contributed by atoms with Crippen molar-refractivity contribution < 1.29 is 14.6 Å². The highest BCUT2D eigenvalue weighted by molar-refractivity contribution is 5.95. The van der Waals surface area contributed by atoms with Crippen molar-refractivity contribution in [1.29, 1.82) is 0 Å². The van der Waals surface area contributed by atoms with Crippen LogP contribution in [0.1, 0.15) is 31.1 Å². The molecule has 0 aromatic heterocycles. The van der Waals surface area contributed by atoms with Crippen LogP contribution < -0.4 is 10.6 Å². The number of morpholine rings is 1. The van der Waals surface area contributed by atoms with Gasteiger partial charge in [-0.15, -0.1) is 0 Å². The van der Waals surface area contributed by atoms with Gasteiger partial charge >= 0.3 is 0 Å². The first-order valence-electron chi connectivity index (χ1n) is 8.53. The van der Waals surface area contributed by atoms with Gasteiger partial charge in [0.05, 0.1) is 18.8 Å². The smallest absolute Gasteiger partial charge is 0.251 e. The summed E-state index contributed by atoms with van der Waals surface area (Å²) >= 11 is 0. The van der Waals surface area contributed by atoms with Crippen molar-refractivity contribution in [2.75, 3.05) is 44.7 Å². The zero-order valence-electron chi connectivity index (χ0n) is 14.8. The number of anilines is 1. The van der Waals surface area contributed by atoms with E-state index in [1.54, 1.807) is 13.0 Å². The summed E-state index contributed by atoms with van der Waals surface area (Å²) in [5.41, 5.74) is 0.529. The minimum Gasteiger partial charge on any atom is -0.387 e. The summed E-state index contributed by atoms with van der Waals surface area (Å²) in [6.45, 7) is 9.59. The first-order valence-corrected chi connectivity index (χ1v) is 8.53. The quantitative estimate of drug-likeness (QED) is 0.701. The van der Waals surface area contributed by atoms with Gasteiger partial charge in [0.2, 0.25) is 0 Å². The van der Waals surface area contributed by atoms with Crippen LogP contribution in [-0.2, 0) is 4.74 Å². The van der Waals surface area contributed by atoms with Crippen LogP contribution in [0.3, 0.4) is 0 Å². The molecule has 0 aliphatic carbocycles. The van der Waals surface area contributed by atoms with E-state index in [4.69, 9.17) is 4.74 Å². The zero-order valence-corrected chi connectivity index (χ0v) is 14.8. The van der Waals surface area contributed by atoms with E-state index in [0.717, 1.165) is 18.8 Å². The molecule has 1 aliphatic heterocycles. The Hall–Kier alpha value is -1.63. The van der Waals surface area contributed by atoms with Gasteiger partial charge in [0.25, 0.3) is 5.91 Å². The average Bonchev–Trinajstić information content (AvgIpc) is 2.53. The SMILES string of the molecule is CC(C)Nc1cccc(C(=O)NCC(C)(O)CN2CCOCC2)c1. The van der Waals surface area contributed by atoms with Crippen molar-refractivity contribution in [1.82, 2.24) is 10.2 Å². The number of aliphatic hydroxyl groups is 1. The van der Waals surface area contributed by atoms with Gasteiger partial charge in [-0.2, -0.15) is 0 Å². The Bertz CT molecular complexity index is 540. The van der Waals surface area contributed by atoms with Gasteiger partial charge < -0.3 is 20.5 Å². The highest BCUT2D eigenvalue weighted by Gasteiger charge is 2.26. The van der Waals surface area contributed by atoms with Gasteiger partial charge in [-0.3, -0.25) is 9.69 Å². The molecule has 0 spiro atoms. The number of amides is 1. The topological polar surface area (TPSA) is 73.8 Å². The molecule has 1 unspecified atom stereocenters. The summed E-state index contributed by atoms with van der Waals surface area (Å²) in [7, 11) is 0. The fourth-order valence-corrected chi connectivity index (χ4v) is 2.75. The summed E-state index contributed by atoms with van der Waals surface area (Å²) in [6.07, 6.45) is 0. The molecule has 1 aromatic carbocycles. The van der Waals surface area contributed by atoms with E-state index in [-0.39, 0.29) is 12.5 Å². The number of β-amino-alcohol motifs (C(OH)–C–C–N with tert-alkyl or cyclic N) is 1. The first-order chi connectivity index (χ1) is 11.4. The molecule has 24 heavy (non-hydrogen) atoms. The maximum absolute atomic E-state index is 12.3. The molecule has 1 heterocycles. The number of carbonyl (C=O) groups excluding carboxylic acids is 1. The number of hydrogen-bond donors (Lipinski definition) is 3. The molecule has 134 valence electrons. The van der Waals surface area contributed by atoms with Crippen LogP contribution in [0, 0.1) is 0 Å². The maximum Gasteiger partial charge on any atom is 0.251 e. The van der Waals surface area contributed by atoms with Crippen molar-refractivity contribution in [2.24, 2.45) is 0 Å². The highest BCUT2D eigenvalue weighted by atomic mass is 16.5. The normalized spacial score (nSPS) is 18.2. The van der Waals surface area contributed by atoms with Gasteiger partial charge in [-0.1, -0.05) is 6.07 Å². The van der Waals surface area contributed by atoms with Crippen LogP contribution in [0.5, 0.6) is 0 Å². The Labute approximate surface area is 144 Å². The highest BCUT2D eigenvalue weighted by Crippen LogP contribution is 2.13. The number of ether oxygens (including phenoxy) is 1. The van der Waals surface area contributed by atoms with Crippen LogP contribution in [0.25, 0.3) is 0 Å². The lowest BCUT2D eigenvalue weighted by atomic mass is 10.1. The second kappa shape index (κ2) is 8.46. The molecule has 6 nitrogen and oxygen atoms in total. The second-order valence-electron chi connectivity index (χ2n) is 6.95. The number of benzene rings is 1. The molecule has 1 fully saturated rings. The van der Waals surface area contributed by atoms with Gasteiger partial charge in [0.1, 0.15) is 0 Å². The molecule has 1 atom stereocenters. The third-order valence-electron chi connectivity index (χ3n) is 3.88. The van der Waals surface area contributed by atoms with E-state index >= 15 is 0 Å². The Morgan fingerprint density at radius 1 is 1.38 bits per heavy atom. The van der Waals surface area contributed by atoms with Crippen molar-refractivity contribution in [3.63, 3.8) is 0 Å². The van der Waals surface area contributed by atoms with Gasteiger partial charge in [0.15, 0.2) is 0 Å². The molecule has 1 aromatic rings. The van der Waals surface area contributed by atoms with E-state index in [1.165, 1.54) is 0 Å². The molecule has 2 rings (SSSR count). The van der Waals surface area contributed by atoms with E-state index in [0.29, 0.717) is 31.4 Å². The number of rotatable bonds is 7. The summed E-state index contributed by atoms with van der Waals surface area (Å²) in [6, 6.07) is 7.69. The molecular formula is C18H29N3O3. The predicted molar refractivity (Wildman–Crippen MR) is 95.4 cm³/mol. The van der Waals surface area contributed by atoms with Gasteiger partial charge in [-0.05, 0) is 39.0 Å². The van der Waals surface area contributed by atoms with Crippen molar-refractivity contribution in [2.45, 2.75) is 32.4 Å². The minimum atomic E-state index is -0.971. The average molecular weight is 335 g/mol. The summed E-state index contributed by atoms with van der Waals surface area (Å²) in [4.78, 5) is 14.5. The lowest BCUT2D eigenvalue weighted by Gasteiger charge is -2.33. The second-order valence-corrected chi connectivity index (χ2v) is 6.95. The number of nitrogens with one attached hydrogen (secondary N) is 2. The van der Waals surface area contributed by atoms with Gasteiger partial charge in [0, 0.05) is 43.5 Å². The summed E-state index contributed by atoms with van der Waals surface area (Å²) in [5.74, 6) is -0.176. The Morgan fingerprint density at radius 3 is 2.75 bits per heavy atom. The van der Waals surface area contributed by atoms with Crippen molar-refractivity contribution in [3.8, 4) is 0 Å². The Balaban J connectivity index is 1.87. The Kier molecular flexibility index (Phi) is 6.60. The molecule has 3 N–H and O–H groups in total. The van der Waals surface area contributed by atoms with E-state index < -0.39 is 5.60 Å². The fraction of sp³-hybridized carbons (Fsp3) is 0.611. The monoisotopic (exact) mass is 335 g/mol. The number of carbonyl (C=O) groups is 1. The fourth-order valence-electron chi connectivity index (χ4n) is 2.75. The van der Waals surface area contributed by atoms with Crippen molar-refractivity contribution in [3.05, 3.63) is 29.8 Å². The molecule has 0 radical (unpaired) electrons. The number of hydrogen-bond acceptors (Lipinski definition) is 5. The van der Waals surface area contributed by atoms with Crippen LogP contribution in [0.15, 0.2) is 24.3 Å². The van der Waals surface area contributed by atoms with Crippen molar-refractivity contribution >= 4 is 11.6 Å². The molecule has 1 aliphatic rings. The Morgan fingerprint density at radius 2 is 2.08 bits per heavy atom. The van der Waals surface area contributed by atoms with E-state index in [9.17, 15) is 9.90 Å². The standard InChI is InChI=1S/C18H29N3O3/c1-14(2)20-16-6-4-5-15(11-16)17(22)19-12-18(3,23)13-21-7-9-24-10-8-21/h4-6,11,14,20,23H,7-10,12-13H2,1-3H3,(H,19,22). The molecule has 1 amide bonds. The molecule has 1 saturated heterocycles. The first kappa shape index (κ1) is 18.7. The van der Waals surface area contributed by atoms with Crippen LogP contribution in [0.2, 0.25) is 0 Å². The van der Waals surface area contributed by atoms with Crippen LogP contribution in [-0.4, -0.2) is 66.9 Å². The van der Waals surface area contributed by atoms with Crippen LogP contribution in [0.4, 0.5) is 5.69 Å². The largest absolute Gasteiger partial charge is 0.387 e. The van der Waals surface area contributed by atoms with E-state index in [2.05, 4.69) is 29.4 Å². The lowest BCUT2D eigenvalue weighted by Crippen LogP contribution is -2.51. The van der Waals surface area contributed by atoms with Gasteiger partial charge in [-0.25, -0.2) is 0 Å². The molecular weight excluding hydrogens is 306 g/mol. The molecule has 6 heteroatoms. The molecule has 0 saturated carbocycles.